The maximum absolute atomic E-state index is 14.0. The Kier molecular flexibility index (Phi) is 5.96. The normalized spacial score (nSPS) is 14.3. The van der Waals surface area contributed by atoms with E-state index >= 15 is 0 Å². The third-order valence-corrected chi connectivity index (χ3v) is 6.61. The van der Waals surface area contributed by atoms with Crippen LogP contribution in [0.4, 0.5) is 23.2 Å². The van der Waals surface area contributed by atoms with E-state index in [1.54, 1.807) is 0 Å². The lowest BCUT2D eigenvalue weighted by molar-refractivity contribution is -0.138. The van der Waals surface area contributed by atoms with Crippen molar-refractivity contribution in [2.45, 2.75) is 51.7 Å². The van der Waals surface area contributed by atoms with Crippen LogP contribution in [0, 0.1) is 5.82 Å². The molecule has 1 aromatic heterocycles. The lowest BCUT2D eigenvalue weighted by Crippen LogP contribution is -2.34. The lowest BCUT2D eigenvalue weighted by atomic mass is 10.1. The molecule has 1 N–H and O–H groups in total. The second kappa shape index (κ2) is 8.03. The highest BCUT2D eigenvalue weighted by Crippen LogP contribution is 2.39. The fourth-order valence-corrected chi connectivity index (χ4v) is 3.97. The molecule has 0 spiro atoms. The van der Waals surface area contributed by atoms with E-state index in [1.807, 2.05) is 0 Å². The molecule has 164 valence electrons. The number of benzene rings is 1. The molecule has 0 atom stereocenters. The van der Waals surface area contributed by atoms with Crippen LogP contribution < -0.4 is 10.5 Å². The van der Waals surface area contributed by atoms with Gasteiger partial charge in [0, 0.05) is 38.9 Å². The van der Waals surface area contributed by atoms with Crippen molar-refractivity contribution < 1.29 is 27.4 Å². The largest absolute Gasteiger partial charge is 0.508 e. The molecule has 0 bridgehead atoms. The van der Waals surface area contributed by atoms with Crippen molar-refractivity contribution in [2.24, 2.45) is 0 Å². The van der Waals surface area contributed by atoms with Crippen molar-refractivity contribution >= 4 is 13.8 Å². The number of alkyl halides is 3. The van der Waals surface area contributed by atoms with Gasteiger partial charge in [-0.2, -0.15) is 18.3 Å². The summed E-state index contributed by atoms with van der Waals surface area (Å²) in [6.45, 7) is 5.95. The fourth-order valence-electron chi connectivity index (χ4n) is 3.21. The second-order valence-corrected chi connectivity index (χ2v) is 14.1. The molecule has 1 aliphatic heterocycles. The number of hydrogen-bond donors (Lipinski definition) is 1. The number of rotatable bonds is 6. The van der Waals surface area contributed by atoms with Gasteiger partial charge < -0.3 is 14.7 Å². The van der Waals surface area contributed by atoms with E-state index in [4.69, 9.17) is 4.74 Å². The monoisotopic (exact) mass is 445 g/mol. The highest BCUT2D eigenvalue weighted by molar-refractivity contribution is 6.76. The summed E-state index contributed by atoms with van der Waals surface area (Å²) in [4.78, 5) is 13.7. The zero-order chi connectivity index (χ0) is 22.3. The molecule has 0 fully saturated rings. The summed E-state index contributed by atoms with van der Waals surface area (Å²) in [5.41, 5.74) is -2.88. The topological polar surface area (TPSA) is 67.6 Å². The number of halogens is 4. The van der Waals surface area contributed by atoms with Gasteiger partial charge in [-0.3, -0.25) is 4.79 Å². The number of aromatic nitrogens is 2. The zero-order valence-electron chi connectivity index (χ0n) is 16.9. The number of anilines is 1. The smallest absolute Gasteiger partial charge is 0.423 e. The van der Waals surface area contributed by atoms with Crippen LogP contribution in [0.5, 0.6) is 5.75 Å². The van der Waals surface area contributed by atoms with Crippen LogP contribution >= 0.6 is 0 Å². The zero-order valence-corrected chi connectivity index (χ0v) is 17.9. The Labute approximate surface area is 171 Å². The van der Waals surface area contributed by atoms with Crippen LogP contribution in [0.1, 0.15) is 16.7 Å². The highest BCUT2D eigenvalue weighted by atomic mass is 28.3. The first kappa shape index (κ1) is 22.3. The van der Waals surface area contributed by atoms with E-state index in [1.165, 1.54) is 4.90 Å². The maximum atomic E-state index is 14.0. The summed E-state index contributed by atoms with van der Waals surface area (Å²) < 4.78 is 61.3. The Morgan fingerprint density at radius 2 is 1.87 bits per heavy atom. The van der Waals surface area contributed by atoms with Gasteiger partial charge in [0.05, 0.1) is 11.9 Å². The molecule has 1 aliphatic rings. The second-order valence-electron chi connectivity index (χ2n) is 8.43. The Bertz CT molecular complexity index is 971. The molecule has 1 aromatic carbocycles. The summed E-state index contributed by atoms with van der Waals surface area (Å²) in [6.07, 6.45) is -4.00. The number of hydrogen-bond acceptors (Lipinski definition) is 5. The molecule has 6 nitrogen and oxygen atoms in total. The number of aromatic hydroxyl groups is 1. The summed E-state index contributed by atoms with van der Waals surface area (Å²) in [5.74, 6) is -0.837. The fraction of sp³-hybridized carbons (Fsp3) is 0.474. The van der Waals surface area contributed by atoms with Gasteiger partial charge in [-0.15, -0.1) is 0 Å². The number of fused-ring (bicyclic) bond motifs is 1. The van der Waals surface area contributed by atoms with Gasteiger partial charge in [-0.25, -0.2) is 9.07 Å². The van der Waals surface area contributed by atoms with Crippen LogP contribution in [0.3, 0.4) is 0 Å². The van der Waals surface area contributed by atoms with Crippen molar-refractivity contribution in [1.29, 1.82) is 0 Å². The summed E-state index contributed by atoms with van der Waals surface area (Å²) in [6, 6.07) is 3.00. The molecule has 0 unspecified atom stereocenters. The minimum absolute atomic E-state index is 0.0991. The van der Waals surface area contributed by atoms with Crippen molar-refractivity contribution in [3.8, 4) is 5.75 Å². The van der Waals surface area contributed by atoms with Crippen LogP contribution in [0.2, 0.25) is 25.7 Å². The SMILES string of the molecule is C[Si](C)(C)CCOCn1ncc(N2Cc3c(O)ccc(F)c3C2)c(C(F)(F)F)c1=O. The molecule has 3 rings (SSSR count). The van der Waals surface area contributed by atoms with Crippen molar-refractivity contribution in [3.63, 3.8) is 0 Å². The molecule has 2 heterocycles. The van der Waals surface area contributed by atoms with Crippen molar-refractivity contribution in [2.75, 3.05) is 11.5 Å². The van der Waals surface area contributed by atoms with E-state index < -0.39 is 36.9 Å². The molecular weight excluding hydrogens is 422 g/mol. The van der Waals surface area contributed by atoms with Gasteiger partial charge in [0.1, 0.15) is 23.9 Å². The Balaban J connectivity index is 1.90. The third kappa shape index (κ3) is 4.67. The van der Waals surface area contributed by atoms with Gasteiger partial charge in [-0.05, 0) is 18.2 Å². The van der Waals surface area contributed by atoms with Gasteiger partial charge in [-0.1, -0.05) is 19.6 Å². The van der Waals surface area contributed by atoms with E-state index in [0.717, 1.165) is 24.4 Å². The quantitative estimate of drug-likeness (QED) is 0.415. The van der Waals surface area contributed by atoms with Crippen molar-refractivity contribution in [1.82, 2.24) is 9.78 Å². The predicted octanol–water partition coefficient (Wildman–Crippen LogP) is 3.94. The molecule has 0 aliphatic carbocycles. The van der Waals surface area contributed by atoms with Gasteiger partial charge in [0.15, 0.2) is 0 Å². The van der Waals surface area contributed by atoms with Crippen LogP contribution in [0.15, 0.2) is 23.1 Å². The molecule has 0 saturated heterocycles. The van der Waals surface area contributed by atoms with Crippen molar-refractivity contribution in [3.05, 3.63) is 51.2 Å². The average Bonchev–Trinajstić information content (AvgIpc) is 3.07. The molecule has 2 aromatic rings. The standard InChI is InChI=1S/C19H23F4N3O3Si/c1-30(2,3)7-6-29-11-26-18(28)17(19(21,22)23)15(8-24-26)25-9-12-13(10-25)16(27)5-4-14(12)20/h4-5,8,27H,6-7,9-11H2,1-3H3. The van der Waals surface area contributed by atoms with Gasteiger partial charge >= 0.3 is 6.18 Å². The Morgan fingerprint density at radius 1 is 1.20 bits per heavy atom. The molecular formula is C19H23F4N3O3Si. The first-order valence-electron chi connectivity index (χ1n) is 9.38. The minimum atomic E-state index is -4.94. The van der Waals surface area contributed by atoms with E-state index in [2.05, 4.69) is 24.7 Å². The molecule has 0 amide bonds. The highest BCUT2D eigenvalue weighted by Gasteiger charge is 2.41. The van der Waals surface area contributed by atoms with Crippen LogP contribution in [-0.2, 0) is 30.7 Å². The minimum Gasteiger partial charge on any atom is -0.508 e. The molecule has 0 radical (unpaired) electrons. The van der Waals surface area contributed by atoms with Gasteiger partial charge in [0.2, 0.25) is 0 Å². The van der Waals surface area contributed by atoms with Crippen LogP contribution in [0.25, 0.3) is 0 Å². The lowest BCUT2D eigenvalue weighted by Gasteiger charge is -2.22. The average molecular weight is 445 g/mol. The van der Waals surface area contributed by atoms with E-state index in [0.29, 0.717) is 11.3 Å². The summed E-state index contributed by atoms with van der Waals surface area (Å²) >= 11 is 0. The van der Waals surface area contributed by atoms with E-state index in [-0.39, 0.29) is 36.7 Å². The molecule has 30 heavy (non-hydrogen) atoms. The molecule has 11 heteroatoms. The van der Waals surface area contributed by atoms with E-state index in [9.17, 15) is 27.5 Å². The Morgan fingerprint density at radius 3 is 2.47 bits per heavy atom. The Hall–Kier alpha value is -2.40. The molecule has 0 saturated carbocycles. The van der Waals surface area contributed by atoms with Gasteiger partial charge in [0.25, 0.3) is 5.56 Å². The number of ether oxygens (including phenoxy) is 1. The number of phenolic OH excluding ortho intramolecular Hbond substituents is 1. The van der Waals surface area contributed by atoms with Crippen LogP contribution in [-0.4, -0.2) is 29.6 Å². The number of phenols is 1. The summed E-state index contributed by atoms with van der Waals surface area (Å²) in [5, 5.41) is 13.7. The summed E-state index contributed by atoms with van der Waals surface area (Å²) in [7, 11) is -1.39. The maximum Gasteiger partial charge on any atom is 0.423 e. The first-order valence-corrected chi connectivity index (χ1v) is 13.1. The number of nitrogens with zero attached hydrogens (tertiary/aromatic N) is 3. The predicted molar refractivity (Wildman–Crippen MR) is 106 cm³/mol. The third-order valence-electron chi connectivity index (χ3n) is 4.91. The first-order chi connectivity index (χ1) is 13.9.